The third kappa shape index (κ3) is 3.20. The lowest BCUT2D eigenvalue weighted by atomic mass is 9.94. The van der Waals surface area contributed by atoms with E-state index >= 15 is 0 Å². The predicted octanol–water partition coefficient (Wildman–Crippen LogP) is 1.78. The van der Waals surface area contributed by atoms with E-state index in [2.05, 4.69) is 5.32 Å². The summed E-state index contributed by atoms with van der Waals surface area (Å²) >= 11 is 0. The zero-order valence-corrected chi connectivity index (χ0v) is 10.3. The van der Waals surface area contributed by atoms with Crippen LogP contribution in [0.2, 0.25) is 0 Å². The van der Waals surface area contributed by atoms with Gasteiger partial charge in [0.1, 0.15) is 0 Å². The highest BCUT2D eigenvalue weighted by Gasteiger charge is 2.25. The molecule has 15 heavy (non-hydrogen) atoms. The number of nitrogens with zero attached hydrogens (tertiary/aromatic N) is 1. The van der Waals surface area contributed by atoms with Crippen LogP contribution in [0.15, 0.2) is 0 Å². The molecule has 1 atom stereocenters. The van der Waals surface area contributed by atoms with Gasteiger partial charge in [0.05, 0.1) is 6.04 Å². The van der Waals surface area contributed by atoms with Crippen molar-refractivity contribution in [3.63, 3.8) is 0 Å². The van der Waals surface area contributed by atoms with E-state index in [1.54, 1.807) is 0 Å². The first-order valence-corrected chi connectivity index (χ1v) is 6.14. The monoisotopic (exact) mass is 212 g/mol. The maximum Gasteiger partial charge on any atom is 0.239 e. The Balaban J connectivity index is 2.49. The third-order valence-electron chi connectivity index (χ3n) is 3.52. The molecule has 1 saturated carbocycles. The molecule has 1 N–H and O–H groups in total. The van der Waals surface area contributed by atoms with Crippen LogP contribution in [0.4, 0.5) is 0 Å². The largest absolute Gasteiger partial charge is 0.341 e. The van der Waals surface area contributed by atoms with Gasteiger partial charge >= 0.3 is 0 Å². The molecule has 88 valence electrons. The fraction of sp³-hybridized carbons (Fsp3) is 0.917. The normalized spacial score (nSPS) is 19.9. The molecule has 0 aromatic heterocycles. The molecule has 0 aliphatic heterocycles. The van der Waals surface area contributed by atoms with Gasteiger partial charge in [-0.05, 0) is 26.3 Å². The Bertz CT molecular complexity index is 196. The Morgan fingerprint density at radius 1 is 1.40 bits per heavy atom. The van der Waals surface area contributed by atoms with Gasteiger partial charge in [-0.1, -0.05) is 26.2 Å². The molecule has 1 unspecified atom stereocenters. The van der Waals surface area contributed by atoms with Gasteiger partial charge in [-0.2, -0.15) is 0 Å². The van der Waals surface area contributed by atoms with Crippen molar-refractivity contribution in [2.75, 3.05) is 14.1 Å². The summed E-state index contributed by atoms with van der Waals surface area (Å²) < 4.78 is 0. The summed E-state index contributed by atoms with van der Waals surface area (Å²) in [7, 11) is 3.82. The maximum absolute atomic E-state index is 12.1. The highest BCUT2D eigenvalue weighted by molar-refractivity contribution is 5.81. The first-order valence-electron chi connectivity index (χ1n) is 6.14. The topological polar surface area (TPSA) is 32.3 Å². The average Bonchev–Trinajstić information content (AvgIpc) is 2.30. The van der Waals surface area contributed by atoms with Crippen molar-refractivity contribution in [1.82, 2.24) is 10.2 Å². The Morgan fingerprint density at radius 2 is 2.00 bits per heavy atom. The van der Waals surface area contributed by atoms with Gasteiger partial charge in [-0.3, -0.25) is 4.79 Å². The van der Waals surface area contributed by atoms with Crippen LogP contribution in [-0.4, -0.2) is 37.0 Å². The molecular formula is C12H24N2O. The van der Waals surface area contributed by atoms with Crippen molar-refractivity contribution >= 4 is 5.91 Å². The summed E-state index contributed by atoms with van der Waals surface area (Å²) in [6, 6.07) is 0.477. The van der Waals surface area contributed by atoms with Crippen molar-refractivity contribution in [1.29, 1.82) is 0 Å². The quantitative estimate of drug-likeness (QED) is 0.770. The third-order valence-corrected chi connectivity index (χ3v) is 3.52. The Morgan fingerprint density at radius 3 is 2.47 bits per heavy atom. The summed E-state index contributed by atoms with van der Waals surface area (Å²) in [6.07, 6.45) is 7.12. The van der Waals surface area contributed by atoms with Gasteiger partial charge in [0.2, 0.25) is 5.91 Å². The lowest BCUT2D eigenvalue weighted by Crippen LogP contribution is -2.47. The summed E-state index contributed by atoms with van der Waals surface area (Å²) in [6.45, 7) is 2.05. The van der Waals surface area contributed by atoms with Crippen molar-refractivity contribution in [2.24, 2.45) is 0 Å². The van der Waals surface area contributed by atoms with E-state index in [1.165, 1.54) is 32.1 Å². The van der Waals surface area contributed by atoms with E-state index in [4.69, 9.17) is 0 Å². The number of hydrogen-bond donors (Lipinski definition) is 1. The second-order valence-electron chi connectivity index (χ2n) is 4.49. The Hall–Kier alpha value is -0.570. The van der Waals surface area contributed by atoms with E-state index in [0.717, 1.165) is 6.42 Å². The number of carbonyl (C=O) groups excluding carboxylic acids is 1. The average molecular weight is 212 g/mol. The molecule has 1 aliphatic carbocycles. The molecule has 0 bridgehead atoms. The molecule has 0 spiro atoms. The van der Waals surface area contributed by atoms with Crippen molar-refractivity contribution in [3.05, 3.63) is 0 Å². The first-order chi connectivity index (χ1) is 7.20. The minimum absolute atomic E-state index is 0.00285. The number of rotatable bonds is 4. The smallest absolute Gasteiger partial charge is 0.239 e. The molecule has 1 rings (SSSR count). The standard InChI is InChI=1S/C12H24N2O/c1-4-11(13-2)12(15)14(3)10-8-6-5-7-9-10/h10-11,13H,4-9H2,1-3H3. The van der Waals surface area contributed by atoms with Crippen LogP contribution >= 0.6 is 0 Å². The van der Waals surface area contributed by atoms with Crippen molar-refractivity contribution in [2.45, 2.75) is 57.5 Å². The van der Waals surface area contributed by atoms with Gasteiger partial charge in [-0.15, -0.1) is 0 Å². The number of carbonyl (C=O) groups is 1. The van der Waals surface area contributed by atoms with Crippen molar-refractivity contribution in [3.8, 4) is 0 Å². The van der Waals surface area contributed by atoms with Gasteiger partial charge in [-0.25, -0.2) is 0 Å². The summed E-state index contributed by atoms with van der Waals surface area (Å²) in [5, 5.41) is 3.08. The molecule has 3 heteroatoms. The molecule has 0 aromatic carbocycles. The molecule has 0 aromatic rings. The fourth-order valence-corrected chi connectivity index (χ4v) is 2.40. The van der Waals surface area contributed by atoms with Crippen LogP contribution in [0.5, 0.6) is 0 Å². The number of likely N-dealkylation sites (N-methyl/N-ethyl adjacent to an activating group) is 2. The van der Waals surface area contributed by atoms with Crippen LogP contribution in [0, 0.1) is 0 Å². The van der Waals surface area contributed by atoms with Crippen LogP contribution in [0.3, 0.4) is 0 Å². The minimum atomic E-state index is -0.00285. The van der Waals surface area contributed by atoms with Gasteiger partial charge in [0.15, 0.2) is 0 Å². The van der Waals surface area contributed by atoms with Gasteiger partial charge in [0, 0.05) is 13.1 Å². The second kappa shape index (κ2) is 6.11. The van der Waals surface area contributed by atoms with E-state index in [0.29, 0.717) is 6.04 Å². The molecule has 1 aliphatic rings. The molecule has 0 heterocycles. The fourth-order valence-electron chi connectivity index (χ4n) is 2.40. The van der Waals surface area contributed by atoms with Crippen LogP contribution in [-0.2, 0) is 4.79 Å². The zero-order chi connectivity index (χ0) is 11.3. The summed E-state index contributed by atoms with van der Waals surface area (Å²) in [5.41, 5.74) is 0. The molecular weight excluding hydrogens is 188 g/mol. The SMILES string of the molecule is CCC(NC)C(=O)N(C)C1CCCCC1. The molecule has 0 saturated heterocycles. The minimum Gasteiger partial charge on any atom is -0.341 e. The highest BCUT2D eigenvalue weighted by atomic mass is 16.2. The molecule has 3 nitrogen and oxygen atoms in total. The van der Waals surface area contributed by atoms with E-state index in [1.807, 2.05) is 25.9 Å². The predicted molar refractivity (Wildman–Crippen MR) is 62.8 cm³/mol. The Labute approximate surface area is 93.2 Å². The first kappa shape index (κ1) is 12.5. The molecule has 0 radical (unpaired) electrons. The van der Waals surface area contributed by atoms with Crippen LogP contribution in [0.25, 0.3) is 0 Å². The maximum atomic E-state index is 12.1. The van der Waals surface area contributed by atoms with E-state index in [-0.39, 0.29) is 11.9 Å². The van der Waals surface area contributed by atoms with Crippen LogP contribution in [0.1, 0.15) is 45.4 Å². The van der Waals surface area contributed by atoms with Gasteiger partial charge in [0.25, 0.3) is 0 Å². The number of amides is 1. The van der Waals surface area contributed by atoms with E-state index < -0.39 is 0 Å². The van der Waals surface area contributed by atoms with E-state index in [9.17, 15) is 4.79 Å². The molecule has 1 fully saturated rings. The Kier molecular flexibility index (Phi) is 5.09. The number of hydrogen-bond acceptors (Lipinski definition) is 2. The van der Waals surface area contributed by atoms with Gasteiger partial charge < -0.3 is 10.2 Å². The van der Waals surface area contributed by atoms with Crippen molar-refractivity contribution < 1.29 is 4.79 Å². The summed E-state index contributed by atoms with van der Waals surface area (Å²) in [5.74, 6) is 0.256. The van der Waals surface area contributed by atoms with Crippen LogP contribution < -0.4 is 5.32 Å². The number of nitrogens with one attached hydrogen (secondary N) is 1. The lowest BCUT2D eigenvalue weighted by Gasteiger charge is -2.33. The lowest BCUT2D eigenvalue weighted by molar-refractivity contribution is -0.134. The second-order valence-corrected chi connectivity index (χ2v) is 4.49. The highest BCUT2D eigenvalue weighted by Crippen LogP contribution is 2.22. The summed E-state index contributed by atoms with van der Waals surface area (Å²) in [4.78, 5) is 14.0. The molecule has 1 amide bonds. The zero-order valence-electron chi connectivity index (χ0n) is 10.3.